The summed E-state index contributed by atoms with van der Waals surface area (Å²) < 4.78 is 5.82. The Hall–Kier alpha value is -0.700. The molecule has 2 aliphatic heterocycles. The van der Waals surface area contributed by atoms with Gasteiger partial charge in [0.25, 0.3) is 0 Å². The Kier molecular flexibility index (Phi) is 2.20. The molecule has 0 aromatic carbocycles. The highest BCUT2D eigenvalue weighted by molar-refractivity contribution is 5.18. The van der Waals surface area contributed by atoms with Crippen LogP contribution >= 0.6 is 0 Å². The molecule has 3 nitrogen and oxygen atoms in total. The van der Waals surface area contributed by atoms with Crippen LogP contribution in [0.15, 0.2) is 11.5 Å². The highest BCUT2D eigenvalue weighted by atomic mass is 16.5. The molecule has 0 aromatic heterocycles. The molecule has 2 aliphatic rings. The molecule has 2 rings (SSSR count). The van der Waals surface area contributed by atoms with E-state index in [9.17, 15) is 0 Å². The fourth-order valence-corrected chi connectivity index (χ4v) is 1.94. The Labute approximate surface area is 79.5 Å². The summed E-state index contributed by atoms with van der Waals surface area (Å²) in [6, 6.07) is 0. The SMILES string of the molecule is CC1(C)CC2=C(NCCCNC2)O1. The minimum Gasteiger partial charge on any atom is -0.473 e. The number of hydrogen-bond acceptors (Lipinski definition) is 3. The predicted octanol–water partition coefficient (Wildman–Crippen LogP) is 0.980. The van der Waals surface area contributed by atoms with E-state index in [0.717, 1.165) is 31.9 Å². The van der Waals surface area contributed by atoms with Crippen LogP contribution in [0, 0.1) is 0 Å². The third kappa shape index (κ3) is 1.97. The van der Waals surface area contributed by atoms with E-state index in [1.54, 1.807) is 0 Å². The first-order chi connectivity index (χ1) is 6.17. The average molecular weight is 182 g/mol. The Balaban J connectivity index is 2.09. The lowest BCUT2D eigenvalue weighted by Gasteiger charge is -2.19. The summed E-state index contributed by atoms with van der Waals surface area (Å²) >= 11 is 0. The first-order valence-electron chi connectivity index (χ1n) is 5.03. The van der Waals surface area contributed by atoms with Crippen LogP contribution in [0.3, 0.4) is 0 Å². The van der Waals surface area contributed by atoms with E-state index >= 15 is 0 Å². The van der Waals surface area contributed by atoms with Gasteiger partial charge in [0.05, 0.1) is 0 Å². The van der Waals surface area contributed by atoms with Crippen LogP contribution in [0.1, 0.15) is 26.7 Å². The summed E-state index contributed by atoms with van der Waals surface area (Å²) in [6.07, 6.45) is 2.21. The maximum Gasteiger partial charge on any atom is 0.187 e. The largest absolute Gasteiger partial charge is 0.473 e. The molecule has 0 unspecified atom stereocenters. The fraction of sp³-hybridized carbons (Fsp3) is 0.800. The number of nitrogens with one attached hydrogen (secondary N) is 2. The molecule has 0 saturated carbocycles. The molecule has 2 heterocycles. The van der Waals surface area contributed by atoms with Gasteiger partial charge in [0.15, 0.2) is 5.88 Å². The molecule has 0 aliphatic carbocycles. The van der Waals surface area contributed by atoms with Gasteiger partial charge < -0.3 is 15.4 Å². The van der Waals surface area contributed by atoms with Crippen molar-refractivity contribution >= 4 is 0 Å². The monoisotopic (exact) mass is 182 g/mol. The van der Waals surface area contributed by atoms with Gasteiger partial charge in [-0.2, -0.15) is 0 Å². The maximum atomic E-state index is 5.82. The molecule has 0 atom stereocenters. The lowest BCUT2D eigenvalue weighted by atomic mass is 10.0. The Morgan fingerprint density at radius 2 is 2.15 bits per heavy atom. The molecular weight excluding hydrogens is 164 g/mol. The zero-order valence-corrected chi connectivity index (χ0v) is 8.44. The molecule has 3 heteroatoms. The normalized spacial score (nSPS) is 26.9. The van der Waals surface area contributed by atoms with Gasteiger partial charge in [-0.3, -0.25) is 0 Å². The van der Waals surface area contributed by atoms with Crippen molar-refractivity contribution in [3.05, 3.63) is 11.5 Å². The van der Waals surface area contributed by atoms with E-state index in [4.69, 9.17) is 4.74 Å². The predicted molar refractivity (Wildman–Crippen MR) is 52.3 cm³/mol. The van der Waals surface area contributed by atoms with Crippen LogP contribution in [0.5, 0.6) is 0 Å². The van der Waals surface area contributed by atoms with E-state index in [1.165, 1.54) is 12.0 Å². The third-order valence-electron chi connectivity index (χ3n) is 2.49. The maximum absolute atomic E-state index is 5.82. The Morgan fingerprint density at radius 3 is 3.00 bits per heavy atom. The standard InChI is InChI=1S/C10H18N2O/c1-10(2)6-8-7-11-4-3-5-12-9(8)13-10/h11-12H,3-7H2,1-2H3. The number of rotatable bonds is 0. The van der Waals surface area contributed by atoms with E-state index in [2.05, 4.69) is 24.5 Å². The van der Waals surface area contributed by atoms with Gasteiger partial charge in [-0.15, -0.1) is 0 Å². The van der Waals surface area contributed by atoms with Crippen molar-refractivity contribution < 1.29 is 4.74 Å². The van der Waals surface area contributed by atoms with Crippen LogP contribution < -0.4 is 10.6 Å². The van der Waals surface area contributed by atoms with Crippen LogP contribution in [0.2, 0.25) is 0 Å². The van der Waals surface area contributed by atoms with Gasteiger partial charge in [-0.1, -0.05) is 0 Å². The van der Waals surface area contributed by atoms with Crippen molar-refractivity contribution in [1.29, 1.82) is 0 Å². The molecule has 0 bridgehead atoms. The van der Waals surface area contributed by atoms with Gasteiger partial charge in [0.2, 0.25) is 0 Å². The second-order valence-electron chi connectivity index (χ2n) is 4.43. The number of ether oxygens (including phenoxy) is 1. The number of hydrogen-bond donors (Lipinski definition) is 2. The van der Waals surface area contributed by atoms with Crippen LogP contribution in [0.25, 0.3) is 0 Å². The van der Waals surface area contributed by atoms with Crippen LogP contribution in [0.4, 0.5) is 0 Å². The van der Waals surface area contributed by atoms with Crippen molar-refractivity contribution in [2.45, 2.75) is 32.3 Å². The summed E-state index contributed by atoms with van der Waals surface area (Å²) in [6.45, 7) is 7.37. The summed E-state index contributed by atoms with van der Waals surface area (Å²) in [4.78, 5) is 0. The minimum atomic E-state index is -0.0102. The van der Waals surface area contributed by atoms with Crippen molar-refractivity contribution in [3.8, 4) is 0 Å². The van der Waals surface area contributed by atoms with Gasteiger partial charge >= 0.3 is 0 Å². The molecule has 0 radical (unpaired) electrons. The lowest BCUT2D eigenvalue weighted by molar-refractivity contribution is 0.0511. The molecule has 2 N–H and O–H groups in total. The molecule has 13 heavy (non-hydrogen) atoms. The van der Waals surface area contributed by atoms with Crippen molar-refractivity contribution in [2.75, 3.05) is 19.6 Å². The molecular formula is C10H18N2O. The lowest BCUT2D eigenvalue weighted by Crippen LogP contribution is -2.28. The second kappa shape index (κ2) is 3.22. The molecule has 0 fully saturated rings. The summed E-state index contributed by atoms with van der Waals surface area (Å²) in [5, 5.41) is 6.78. The Bertz CT molecular complexity index is 211. The quantitative estimate of drug-likeness (QED) is 0.586. The molecule has 0 spiro atoms. The van der Waals surface area contributed by atoms with Gasteiger partial charge in [-0.05, 0) is 26.8 Å². The summed E-state index contributed by atoms with van der Waals surface area (Å²) in [5.41, 5.74) is 1.38. The minimum absolute atomic E-state index is 0.0102. The van der Waals surface area contributed by atoms with E-state index in [1.807, 2.05) is 0 Å². The first-order valence-corrected chi connectivity index (χ1v) is 5.03. The smallest absolute Gasteiger partial charge is 0.187 e. The highest BCUT2D eigenvalue weighted by Crippen LogP contribution is 2.31. The zero-order valence-electron chi connectivity index (χ0n) is 8.44. The molecule has 0 amide bonds. The third-order valence-corrected chi connectivity index (χ3v) is 2.49. The van der Waals surface area contributed by atoms with Gasteiger partial charge in [0.1, 0.15) is 5.60 Å². The molecule has 74 valence electrons. The highest BCUT2D eigenvalue weighted by Gasteiger charge is 2.32. The van der Waals surface area contributed by atoms with Gasteiger partial charge in [0, 0.05) is 25.1 Å². The van der Waals surface area contributed by atoms with Crippen molar-refractivity contribution in [1.82, 2.24) is 10.6 Å². The van der Waals surface area contributed by atoms with Crippen molar-refractivity contribution in [2.24, 2.45) is 0 Å². The van der Waals surface area contributed by atoms with E-state index in [0.29, 0.717) is 0 Å². The topological polar surface area (TPSA) is 33.3 Å². The molecule has 0 aromatic rings. The van der Waals surface area contributed by atoms with E-state index < -0.39 is 0 Å². The first kappa shape index (κ1) is 8.88. The van der Waals surface area contributed by atoms with Crippen molar-refractivity contribution in [3.63, 3.8) is 0 Å². The second-order valence-corrected chi connectivity index (χ2v) is 4.43. The van der Waals surface area contributed by atoms with Crippen LogP contribution in [-0.4, -0.2) is 25.2 Å². The fourth-order valence-electron chi connectivity index (χ4n) is 1.94. The van der Waals surface area contributed by atoms with E-state index in [-0.39, 0.29) is 5.60 Å². The van der Waals surface area contributed by atoms with Gasteiger partial charge in [-0.25, -0.2) is 0 Å². The summed E-state index contributed by atoms with van der Waals surface area (Å²) in [5.74, 6) is 1.03. The van der Waals surface area contributed by atoms with Crippen LogP contribution in [-0.2, 0) is 4.74 Å². The Morgan fingerprint density at radius 1 is 1.31 bits per heavy atom. The zero-order chi connectivity index (χ0) is 9.31. The summed E-state index contributed by atoms with van der Waals surface area (Å²) in [7, 11) is 0. The molecule has 0 saturated heterocycles. The average Bonchev–Trinajstić information content (AvgIpc) is 2.27.